The molecule has 3 nitrogen and oxygen atoms in total. The summed E-state index contributed by atoms with van der Waals surface area (Å²) in [4.78, 5) is 13.2. The van der Waals surface area contributed by atoms with E-state index in [1.165, 1.54) is 24.8 Å². The normalized spacial score (nSPS) is 15.4. The quantitative estimate of drug-likeness (QED) is 0.425. The molecule has 1 aliphatic carbocycles. The van der Waals surface area contributed by atoms with Gasteiger partial charge in [-0.25, -0.2) is 0 Å². The molecule has 1 saturated carbocycles. The third kappa shape index (κ3) is 4.45. The van der Waals surface area contributed by atoms with Gasteiger partial charge in [0.05, 0.1) is 6.54 Å². The van der Waals surface area contributed by atoms with E-state index in [0.717, 1.165) is 41.6 Å². The van der Waals surface area contributed by atoms with Gasteiger partial charge in [-0.1, -0.05) is 70.4 Å². The molecule has 0 bridgehead atoms. The number of benzene rings is 2. The third-order valence-electron chi connectivity index (χ3n) is 6.35. The van der Waals surface area contributed by atoms with E-state index in [9.17, 15) is 4.79 Å². The maximum atomic E-state index is 13.2. The first-order valence-electron chi connectivity index (χ1n) is 11.3. The monoisotopic (exact) mass is 403 g/mol. The minimum Gasteiger partial charge on any atom is -0.492 e. The molecular formula is C27H33NO2. The van der Waals surface area contributed by atoms with Gasteiger partial charge in [0.1, 0.15) is 12.4 Å². The fraction of sp³-hybridized carbons (Fsp3) is 0.444. The smallest absolute Gasteiger partial charge is 0.168 e. The first kappa shape index (κ1) is 20.7. The molecule has 3 aromatic rings. The molecule has 158 valence electrons. The molecule has 2 aromatic carbocycles. The molecule has 3 heteroatoms. The van der Waals surface area contributed by atoms with Crippen molar-refractivity contribution in [3.63, 3.8) is 0 Å². The van der Waals surface area contributed by atoms with Gasteiger partial charge >= 0.3 is 0 Å². The lowest BCUT2D eigenvalue weighted by atomic mass is 9.84. The summed E-state index contributed by atoms with van der Waals surface area (Å²) in [6.45, 7) is 7.94. The topological polar surface area (TPSA) is 31.2 Å². The molecule has 0 N–H and O–H groups in total. The number of fused-ring (bicyclic) bond motifs is 1. The van der Waals surface area contributed by atoms with Crippen LogP contribution in [-0.4, -0.2) is 17.0 Å². The van der Waals surface area contributed by atoms with Crippen LogP contribution in [0.1, 0.15) is 68.8 Å². The molecule has 1 aromatic heterocycles. The molecule has 0 saturated heterocycles. The van der Waals surface area contributed by atoms with Crippen LogP contribution in [0.15, 0.2) is 54.7 Å². The standard InChI is InChI=1S/C27H33NO2/c1-27(2,3)21-13-15-22(16-14-21)30-18-17-28-19-24(23-11-7-8-12-25(23)28)26(29)20-9-5-4-6-10-20/h7-8,11-16,19-20H,4-6,9-10,17-18H2,1-3H3. The average molecular weight is 404 g/mol. The summed E-state index contributed by atoms with van der Waals surface area (Å²) in [6.07, 6.45) is 7.74. The molecule has 0 unspecified atom stereocenters. The fourth-order valence-electron chi connectivity index (χ4n) is 4.53. The number of nitrogens with zero attached hydrogens (tertiary/aromatic N) is 1. The van der Waals surface area contributed by atoms with Crippen molar-refractivity contribution in [1.29, 1.82) is 0 Å². The molecule has 0 atom stereocenters. The van der Waals surface area contributed by atoms with Crippen LogP contribution in [0.2, 0.25) is 0 Å². The number of aromatic nitrogens is 1. The van der Waals surface area contributed by atoms with Gasteiger partial charge in [0.25, 0.3) is 0 Å². The van der Waals surface area contributed by atoms with Crippen molar-refractivity contribution in [2.24, 2.45) is 5.92 Å². The number of hydrogen-bond donors (Lipinski definition) is 0. The molecule has 0 amide bonds. The summed E-state index contributed by atoms with van der Waals surface area (Å²) in [5.41, 5.74) is 3.44. The van der Waals surface area contributed by atoms with E-state index in [1.54, 1.807) is 0 Å². The minimum atomic E-state index is 0.143. The highest BCUT2D eigenvalue weighted by atomic mass is 16.5. The van der Waals surface area contributed by atoms with Crippen LogP contribution in [0.3, 0.4) is 0 Å². The maximum Gasteiger partial charge on any atom is 0.168 e. The molecule has 0 aliphatic heterocycles. The third-order valence-corrected chi connectivity index (χ3v) is 6.35. The van der Waals surface area contributed by atoms with Crippen LogP contribution >= 0.6 is 0 Å². The second-order valence-electron chi connectivity index (χ2n) is 9.58. The zero-order valence-electron chi connectivity index (χ0n) is 18.5. The van der Waals surface area contributed by atoms with Crippen LogP contribution < -0.4 is 4.74 Å². The van der Waals surface area contributed by atoms with Gasteiger partial charge in [-0.3, -0.25) is 4.79 Å². The Morgan fingerprint density at radius 1 is 1.00 bits per heavy atom. The van der Waals surface area contributed by atoms with Crippen molar-refractivity contribution in [2.45, 2.75) is 64.8 Å². The summed E-state index contributed by atoms with van der Waals surface area (Å²) < 4.78 is 8.18. The van der Waals surface area contributed by atoms with Gasteiger partial charge in [-0.2, -0.15) is 0 Å². The van der Waals surface area contributed by atoms with E-state index >= 15 is 0 Å². The highest BCUT2D eigenvalue weighted by molar-refractivity contribution is 6.09. The number of rotatable bonds is 6. The van der Waals surface area contributed by atoms with Crippen LogP contribution in [0.4, 0.5) is 0 Å². The van der Waals surface area contributed by atoms with E-state index in [4.69, 9.17) is 4.74 Å². The van der Waals surface area contributed by atoms with E-state index in [1.807, 2.05) is 30.5 Å². The van der Waals surface area contributed by atoms with Crippen molar-refractivity contribution in [3.8, 4) is 5.75 Å². The Hall–Kier alpha value is -2.55. The molecular weight excluding hydrogens is 370 g/mol. The molecule has 1 fully saturated rings. The summed E-state index contributed by atoms with van der Waals surface area (Å²) in [5.74, 6) is 1.40. The average Bonchev–Trinajstić information content (AvgIpc) is 3.12. The number of Topliss-reactive ketones (excluding diaryl/α,β-unsaturated/α-hetero) is 1. The minimum absolute atomic E-state index is 0.143. The largest absolute Gasteiger partial charge is 0.492 e. The predicted octanol–water partition coefficient (Wildman–Crippen LogP) is 6.78. The Labute approximate surface area is 180 Å². The van der Waals surface area contributed by atoms with Gasteiger partial charge in [0.15, 0.2) is 5.78 Å². The van der Waals surface area contributed by atoms with Crippen LogP contribution in [-0.2, 0) is 12.0 Å². The summed E-state index contributed by atoms with van der Waals surface area (Å²) >= 11 is 0. The Morgan fingerprint density at radius 2 is 1.70 bits per heavy atom. The first-order chi connectivity index (χ1) is 14.4. The summed E-state index contributed by atoms with van der Waals surface area (Å²) in [6, 6.07) is 16.6. The molecule has 0 spiro atoms. The highest BCUT2D eigenvalue weighted by Crippen LogP contribution is 2.31. The van der Waals surface area contributed by atoms with Gasteiger partial charge in [-0.15, -0.1) is 0 Å². The predicted molar refractivity (Wildman–Crippen MR) is 123 cm³/mol. The van der Waals surface area contributed by atoms with Crippen molar-refractivity contribution in [1.82, 2.24) is 4.57 Å². The number of ketones is 1. The van der Waals surface area contributed by atoms with Crippen LogP contribution in [0.5, 0.6) is 5.75 Å². The second kappa shape index (κ2) is 8.67. The van der Waals surface area contributed by atoms with E-state index in [2.05, 4.69) is 49.6 Å². The summed E-state index contributed by atoms with van der Waals surface area (Å²) in [7, 11) is 0. The highest BCUT2D eigenvalue weighted by Gasteiger charge is 2.25. The zero-order valence-corrected chi connectivity index (χ0v) is 18.5. The van der Waals surface area contributed by atoms with Gasteiger partial charge < -0.3 is 9.30 Å². The summed E-state index contributed by atoms with van der Waals surface area (Å²) in [5, 5.41) is 1.07. The van der Waals surface area contributed by atoms with Crippen molar-refractivity contribution < 1.29 is 9.53 Å². The number of carbonyl (C=O) groups is 1. The van der Waals surface area contributed by atoms with Crippen molar-refractivity contribution in [2.75, 3.05) is 6.61 Å². The second-order valence-corrected chi connectivity index (χ2v) is 9.58. The Balaban J connectivity index is 1.47. The Morgan fingerprint density at radius 3 is 2.40 bits per heavy atom. The Bertz CT molecular complexity index is 1000. The number of ether oxygens (including phenoxy) is 1. The Kier molecular flexibility index (Phi) is 5.99. The zero-order chi connectivity index (χ0) is 21.1. The molecule has 0 radical (unpaired) electrons. The van der Waals surface area contributed by atoms with Crippen molar-refractivity contribution >= 4 is 16.7 Å². The number of hydrogen-bond acceptors (Lipinski definition) is 2. The van der Waals surface area contributed by atoms with E-state index < -0.39 is 0 Å². The number of para-hydroxylation sites is 1. The van der Waals surface area contributed by atoms with Gasteiger partial charge in [-0.05, 0) is 42.0 Å². The van der Waals surface area contributed by atoms with Gasteiger partial charge in [0.2, 0.25) is 0 Å². The molecule has 30 heavy (non-hydrogen) atoms. The molecule has 1 aliphatic rings. The molecule has 4 rings (SSSR count). The lowest BCUT2D eigenvalue weighted by Gasteiger charge is -2.19. The lowest BCUT2D eigenvalue weighted by Crippen LogP contribution is -2.17. The SMILES string of the molecule is CC(C)(C)c1ccc(OCCn2cc(C(=O)C3CCCCC3)c3ccccc32)cc1. The van der Waals surface area contributed by atoms with Crippen molar-refractivity contribution in [3.05, 3.63) is 65.9 Å². The maximum absolute atomic E-state index is 13.2. The van der Waals surface area contributed by atoms with E-state index in [0.29, 0.717) is 12.4 Å². The van der Waals surface area contributed by atoms with Crippen LogP contribution in [0, 0.1) is 5.92 Å². The van der Waals surface area contributed by atoms with Crippen LogP contribution in [0.25, 0.3) is 10.9 Å². The van der Waals surface area contributed by atoms with Gasteiger partial charge in [0, 0.05) is 28.6 Å². The van der Waals surface area contributed by atoms with E-state index in [-0.39, 0.29) is 11.3 Å². The fourth-order valence-corrected chi connectivity index (χ4v) is 4.53. The molecule has 1 heterocycles. The first-order valence-corrected chi connectivity index (χ1v) is 11.3. The number of carbonyl (C=O) groups excluding carboxylic acids is 1. The lowest BCUT2D eigenvalue weighted by molar-refractivity contribution is 0.0891.